The van der Waals surface area contributed by atoms with Crippen LogP contribution in [0.15, 0.2) is 23.1 Å². The Labute approximate surface area is 138 Å². The maximum absolute atomic E-state index is 12.8. The van der Waals surface area contributed by atoms with Crippen LogP contribution < -0.4 is 14.2 Å². The summed E-state index contributed by atoms with van der Waals surface area (Å²) in [5, 5.41) is 0. The number of nitrogens with one attached hydrogen (secondary N) is 1. The predicted molar refractivity (Wildman–Crippen MR) is 88.3 cm³/mol. The number of methoxy groups -OCH3 is 2. The molecule has 128 valence electrons. The van der Waals surface area contributed by atoms with Gasteiger partial charge in [-0.05, 0) is 56.1 Å². The largest absolute Gasteiger partial charge is 0.497 e. The molecule has 2 bridgehead atoms. The van der Waals surface area contributed by atoms with Gasteiger partial charge >= 0.3 is 0 Å². The van der Waals surface area contributed by atoms with Crippen molar-refractivity contribution in [2.75, 3.05) is 14.2 Å². The molecule has 0 amide bonds. The topological polar surface area (TPSA) is 64.6 Å². The van der Waals surface area contributed by atoms with Gasteiger partial charge in [-0.3, -0.25) is 0 Å². The van der Waals surface area contributed by atoms with Gasteiger partial charge in [0.2, 0.25) is 10.0 Å². The summed E-state index contributed by atoms with van der Waals surface area (Å²) in [4.78, 5) is 0.134. The molecule has 4 atom stereocenters. The van der Waals surface area contributed by atoms with Crippen LogP contribution in [-0.2, 0) is 10.0 Å². The van der Waals surface area contributed by atoms with E-state index in [1.54, 1.807) is 12.1 Å². The lowest BCUT2D eigenvalue weighted by molar-refractivity contribution is 0.280. The third-order valence-corrected chi connectivity index (χ3v) is 7.02. The van der Waals surface area contributed by atoms with Crippen LogP contribution in [0.3, 0.4) is 0 Å². The molecule has 23 heavy (non-hydrogen) atoms. The van der Waals surface area contributed by atoms with Crippen LogP contribution >= 0.6 is 0 Å². The van der Waals surface area contributed by atoms with Crippen molar-refractivity contribution in [3.05, 3.63) is 18.2 Å². The summed E-state index contributed by atoms with van der Waals surface area (Å²) in [5.74, 6) is 2.74. The van der Waals surface area contributed by atoms with Gasteiger partial charge in [-0.15, -0.1) is 0 Å². The zero-order valence-corrected chi connectivity index (χ0v) is 14.7. The monoisotopic (exact) mass is 339 g/mol. The van der Waals surface area contributed by atoms with Crippen molar-refractivity contribution in [1.29, 1.82) is 0 Å². The fourth-order valence-electron chi connectivity index (χ4n) is 4.30. The number of hydrogen-bond acceptors (Lipinski definition) is 4. The van der Waals surface area contributed by atoms with Crippen molar-refractivity contribution >= 4 is 10.0 Å². The number of rotatable bonds is 6. The number of sulfonamides is 1. The Morgan fingerprint density at radius 2 is 1.96 bits per heavy atom. The Morgan fingerprint density at radius 3 is 2.52 bits per heavy atom. The molecule has 2 aliphatic rings. The van der Waals surface area contributed by atoms with Gasteiger partial charge < -0.3 is 9.47 Å². The summed E-state index contributed by atoms with van der Waals surface area (Å²) in [5.41, 5.74) is 0. The zero-order valence-electron chi connectivity index (χ0n) is 13.9. The first-order valence-electron chi connectivity index (χ1n) is 8.19. The maximum Gasteiger partial charge on any atom is 0.244 e. The third-order valence-electron chi connectivity index (χ3n) is 5.44. The van der Waals surface area contributed by atoms with E-state index in [2.05, 4.69) is 4.72 Å². The van der Waals surface area contributed by atoms with Crippen molar-refractivity contribution in [3.8, 4) is 11.5 Å². The highest BCUT2D eigenvalue weighted by Crippen LogP contribution is 2.49. The molecular formula is C17H25NO4S. The second-order valence-corrected chi connectivity index (χ2v) is 8.45. The molecule has 0 aromatic heterocycles. The van der Waals surface area contributed by atoms with E-state index in [-0.39, 0.29) is 10.9 Å². The van der Waals surface area contributed by atoms with E-state index in [1.807, 2.05) is 6.92 Å². The van der Waals surface area contributed by atoms with Crippen molar-refractivity contribution in [3.63, 3.8) is 0 Å². The van der Waals surface area contributed by atoms with Gasteiger partial charge in [-0.25, -0.2) is 13.1 Å². The van der Waals surface area contributed by atoms with E-state index in [9.17, 15) is 8.42 Å². The predicted octanol–water partition coefficient (Wildman–Crippen LogP) is 2.81. The number of ether oxygens (including phenoxy) is 2. The fourth-order valence-corrected chi connectivity index (χ4v) is 5.77. The summed E-state index contributed by atoms with van der Waals surface area (Å²) in [6.07, 6.45) is 4.96. The molecule has 4 unspecified atom stereocenters. The van der Waals surface area contributed by atoms with Gasteiger partial charge in [0.1, 0.15) is 16.4 Å². The molecule has 2 aliphatic carbocycles. The maximum atomic E-state index is 12.8. The van der Waals surface area contributed by atoms with Gasteiger partial charge in [0, 0.05) is 12.1 Å². The smallest absolute Gasteiger partial charge is 0.244 e. The third kappa shape index (κ3) is 3.19. The van der Waals surface area contributed by atoms with E-state index in [1.165, 1.54) is 39.5 Å². The van der Waals surface area contributed by atoms with Crippen molar-refractivity contribution in [2.24, 2.45) is 17.8 Å². The van der Waals surface area contributed by atoms with Gasteiger partial charge in [0.15, 0.2) is 0 Å². The van der Waals surface area contributed by atoms with E-state index < -0.39 is 10.0 Å². The summed E-state index contributed by atoms with van der Waals surface area (Å²) >= 11 is 0. The lowest BCUT2D eigenvalue weighted by Crippen LogP contribution is -2.40. The molecule has 5 nitrogen and oxygen atoms in total. The van der Waals surface area contributed by atoms with Gasteiger partial charge in [-0.2, -0.15) is 0 Å². The quantitative estimate of drug-likeness (QED) is 0.865. The van der Waals surface area contributed by atoms with Crippen LogP contribution in [0.4, 0.5) is 0 Å². The Morgan fingerprint density at radius 1 is 1.17 bits per heavy atom. The second-order valence-electron chi connectivity index (χ2n) is 6.77. The van der Waals surface area contributed by atoms with E-state index in [4.69, 9.17) is 9.47 Å². The summed E-state index contributed by atoms with van der Waals surface area (Å²) in [6, 6.07) is 4.76. The first-order chi connectivity index (χ1) is 10.9. The SMILES string of the molecule is COc1ccc(OC)c(S(=O)(=O)NC(C)C2CC3CCC2C3)c1. The highest BCUT2D eigenvalue weighted by Gasteiger charge is 2.42. The molecule has 0 spiro atoms. The van der Waals surface area contributed by atoms with Crippen molar-refractivity contribution in [1.82, 2.24) is 4.72 Å². The summed E-state index contributed by atoms with van der Waals surface area (Å²) in [7, 11) is -0.654. The molecule has 0 heterocycles. The first-order valence-corrected chi connectivity index (χ1v) is 9.67. The van der Waals surface area contributed by atoms with Crippen molar-refractivity contribution < 1.29 is 17.9 Å². The Hall–Kier alpha value is -1.27. The first kappa shape index (κ1) is 16.6. The van der Waals surface area contributed by atoms with Gasteiger partial charge in [0.25, 0.3) is 0 Å². The molecule has 2 fully saturated rings. The van der Waals surface area contributed by atoms with E-state index in [0.717, 1.165) is 12.3 Å². The van der Waals surface area contributed by atoms with Crippen LogP contribution in [0.25, 0.3) is 0 Å². The lowest BCUT2D eigenvalue weighted by atomic mass is 9.84. The molecule has 0 saturated heterocycles. The molecule has 6 heteroatoms. The second kappa shape index (κ2) is 6.32. The van der Waals surface area contributed by atoms with E-state index in [0.29, 0.717) is 23.3 Å². The molecule has 1 N–H and O–H groups in total. The van der Waals surface area contributed by atoms with Crippen LogP contribution in [0, 0.1) is 17.8 Å². The molecule has 1 aromatic carbocycles. The molecule has 1 aromatic rings. The van der Waals surface area contributed by atoms with Crippen LogP contribution in [0.2, 0.25) is 0 Å². The molecular weight excluding hydrogens is 314 g/mol. The highest BCUT2D eigenvalue weighted by molar-refractivity contribution is 7.89. The Bertz CT molecular complexity index is 673. The number of hydrogen-bond donors (Lipinski definition) is 1. The lowest BCUT2D eigenvalue weighted by Gasteiger charge is -2.28. The minimum atomic E-state index is -3.64. The average Bonchev–Trinajstić information content (AvgIpc) is 3.16. The van der Waals surface area contributed by atoms with Crippen molar-refractivity contribution in [2.45, 2.75) is 43.5 Å². The van der Waals surface area contributed by atoms with Crippen LogP contribution in [0.5, 0.6) is 11.5 Å². The minimum absolute atomic E-state index is 0.0637. The summed E-state index contributed by atoms with van der Waals surface area (Å²) in [6.45, 7) is 1.98. The van der Waals surface area contributed by atoms with Gasteiger partial charge in [-0.1, -0.05) is 6.42 Å². The zero-order chi connectivity index (χ0) is 16.6. The highest BCUT2D eigenvalue weighted by atomic mass is 32.2. The minimum Gasteiger partial charge on any atom is -0.497 e. The Balaban J connectivity index is 1.81. The van der Waals surface area contributed by atoms with E-state index >= 15 is 0 Å². The molecule has 0 radical (unpaired) electrons. The molecule has 0 aliphatic heterocycles. The standard InChI is InChI=1S/C17H25NO4S/c1-11(15-9-12-4-5-13(15)8-12)18-23(19,20)17-10-14(21-2)6-7-16(17)22-3/h6-7,10-13,15,18H,4-5,8-9H2,1-3H3. The fraction of sp³-hybridized carbons (Fsp3) is 0.647. The van der Waals surface area contributed by atoms with Crippen LogP contribution in [-0.4, -0.2) is 28.7 Å². The van der Waals surface area contributed by atoms with Gasteiger partial charge in [0.05, 0.1) is 14.2 Å². The molecule has 3 rings (SSSR count). The Kier molecular flexibility index (Phi) is 4.56. The number of benzene rings is 1. The number of fused-ring (bicyclic) bond motifs is 2. The average molecular weight is 339 g/mol. The normalized spacial score (nSPS) is 27.9. The molecule has 2 saturated carbocycles. The summed E-state index contributed by atoms with van der Waals surface area (Å²) < 4.78 is 38.8. The van der Waals surface area contributed by atoms with Crippen LogP contribution in [0.1, 0.15) is 32.6 Å².